The number of benzene rings is 2. The Hall–Kier alpha value is -2.33. The maximum Gasteiger partial charge on any atom is 0.169 e. The fraction of sp³-hybridized carbons (Fsp3) is 0.0625. The lowest BCUT2D eigenvalue weighted by molar-refractivity contribution is 0.538. The van der Waals surface area contributed by atoms with Crippen molar-refractivity contribution in [2.75, 3.05) is 0 Å². The van der Waals surface area contributed by atoms with E-state index in [0.717, 1.165) is 12.1 Å². The number of thioether (sulfide) groups is 1. The van der Waals surface area contributed by atoms with Crippen molar-refractivity contribution in [2.45, 2.75) is 11.8 Å². The van der Waals surface area contributed by atoms with Gasteiger partial charge in [-0.15, -0.1) is 0 Å². The second kappa shape index (κ2) is 6.84. The maximum atomic E-state index is 14.1. The number of hydrogen-bond acceptors (Lipinski definition) is 2. The molecule has 0 fully saturated rings. The van der Waals surface area contributed by atoms with Gasteiger partial charge < -0.3 is 0 Å². The molecule has 0 unspecified atom stereocenters. The highest BCUT2D eigenvalue weighted by atomic mass is 32.2. The molecular weight excluding hydrogens is 333 g/mol. The van der Waals surface area contributed by atoms with E-state index in [1.807, 2.05) is 0 Å². The third-order valence-corrected chi connectivity index (χ3v) is 3.64. The molecule has 0 spiro atoms. The van der Waals surface area contributed by atoms with Crippen molar-refractivity contribution in [2.24, 2.45) is 0 Å². The molecule has 1 nitrogen and oxygen atoms in total. The van der Waals surface area contributed by atoms with Crippen LogP contribution in [0, 0.1) is 35.0 Å². The van der Waals surface area contributed by atoms with Crippen LogP contribution in [0.5, 0.6) is 0 Å². The molecule has 0 aromatic heterocycles. The summed E-state index contributed by atoms with van der Waals surface area (Å²) in [6.45, 7) is 1.57. The molecule has 0 saturated heterocycles. The molecular formula is C16H8F5NS. The molecule has 0 saturated carbocycles. The van der Waals surface area contributed by atoms with Crippen molar-refractivity contribution in [1.82, 2.24) is 0 Å². The molecule has 0 atom stereocenters. The Balaban J connectivity index is 2.54. The summed E-state index contributed by atoms with van der Waals surface area (Å²) in [5.74, 6) is -6.57. The molecule has 0 N–H and O–H groups in total. The van der Waals surface area contributed by atoms with Crippen LogP contribution in [-0.4, -0.2) is 0 Å². The van der Waals surface area contributed by atoms with Gasteiger partial charge in [-0.1, -0.05) is 6.07 Å². The summed E-state index contributed by atoms with van der Waals surface area (Å²) in [6, 6.07) is 4.51. The summed E-state index contributed by atoms with van der Waals surface area (Å²) in [7, 11) is 0. The Labute approximate surface area is 133 Å². The Morgan fingerprint density at radius 1 is 0.957 bits per heavy atom. The third kappa shape index (κ3) is 3.54. The Morgan fingerprint density at radius 3 is 2.09 bits per heavy atom. The van der Waals surface area contributed by atoms with Gasteiger partial charge in [-0.3, -0.25) is 0 Å². The fourth-order valence-corrected chi connectivity index (χ4v) is 2.28. The first-order valence-corrected chi connectivity index (χ1v) is 7.04. The number of nitrogens with zero attached hydrogens (tertiary/aromatic N) is 1. The van der Waals surface area contributed by atoms with E-state index in [0.29, 0.717) is 17.7 Å². The summed E-state index contributed by atoms with van der Waals surface area (Å²) < 4.78 is 69.2. The molecule has 0 amide bonds. The minimum absolute atomic E-state index is 0.221. The maximum absolute atomic E-state index is 14.1. The number of thiocyanates is 1. The van der Waals surface area contributed by atoms with Gasteiger partial charge in [0.2, 0.25) is 0 Å². The van der Waals surface area contributed by atoms with Crippen LogP contribution >= 0.6 is 11.8 Å². The minimum atomic E-state index is -1.60. The van der Waals surface area contributed by atoms with E-state index >= 15 is 0 Å². The van der Waals surface area contributed by atoms with Crippen LogP contribution in [0.1, 0.15) is 16.7 Å². The molecule has 2 aromatic rings. The number of halogens is 5. The van der Waals surface area contributed by atoms with Gasteiger partial charge in [0.25, 0.3) is 0 Å². The Bertz CT molecular complexity index is 816. The van der Waals surface area contributed by atoms with Crippen molar-refractivity contribution in [3.8, 4) is 5.40 Å². The topological polar surface area (TPSA) is 23.8 Å². The predicted octanol–water partition coefficient (Wildman–Crippen LogP) is 5.75. The molecule has 0 aliphatic rings. The van der Waals surface area contributed by atoms with Crippen LogP contribution in [-0.2, 0) is 0 Å². The monoisotopic (exact) mass is 341 g/mol. The number of rotatable bonds is 3. The van der Waals surface area contributed by atoms with Gasteiger partial charge in [0, 0.05) is 11.1 Å². The predicted molar refractivity (Wildman–Crippen MR) is 78.0 cm³/mol. The zero-order valence-corrected chi connectivity index (χ0v) is 12.4. The van der Waals surface area contributed by atoms with E-state index in [1.54, 1.807) is 6.92 Å². The van der Waals surface area contributed by atoms with Crippen LogP contribution in [0.4, 0.5) is 22.0 Å². The first-order chi connectivity index (χ1) is 10.8. The SMILES string of the molecule is Cc1ccc(/C(F)=C(\F)c2cc(F)c(SC#N)c(F)c2)c(F)c1. The summed E-state index contributed by atoms with van der Waals surface area (Å²) in [5, 5.41) is 9.91. The van der Waals surface area contributed by atoms with Crippen LogP contribution in [0.25, 0.3) is 11.7 Å². The lowest BCUT2D eigenvalue weighted by Crippen LogP contribution is -1.94. The van der Waals surface area contributed by atoms with Crippen molar-refractivity contribution < 1.29 is 22.0 Å². The van der Waals surface area contributed by atoms with Gasteiger partial charge >= 0.3 is 0 Å². The van der Waals surface area contributed by atoms with Crippen LogP contribution in [0.15, 0.2) is 35.2 Å². The highest BCUT2D eigenvalue weighted by Crippen LogP contribution is 2.33. The molecule has 0 heterocycles. The normalized spacial score (nSPS) is 11.9. The van der Waals surface area contributed by atoms with Gasteiger partial charge in [-0.05, 0) is 48.5 Å². The summed E-state index contributed by atoms with van der Waals surface area (Å²) >= 11 is 0.221. The van der Waals surface area contributed by atoms with Crippen molar-refractivity contribution in [1.29, 1.82) is 5.26 Å². The molecule has 118 valence electrons. The minimum Gasteiger partial charge on any atom is -0.206 e. The largest absolute Gasteiger partial charge is 0.206 e. The smallest absolute Gasteiger partial charge is 0.169 e. The highest BCUT2D eigenvalue weighted by Gasteiger charge is 2.19. The van der Waals surface area contributed by atoms with Crippen LogP contribution in [0.2, 0.25) is 0 Å². The molecule has 7 heteroatoms. The summed E-state index contributed by atoms with van der Waals surface area (Å²) in [4.78, 5) is -0.619. The van der Waals surface area contributed by atoms with Gasteiger partial charge in [0.05, 0.1) is 4.90 Å². The summed E-state index contributed by atoms with van der Waals surface area (Å²) in [5.41, 5.74) is -0.862. The van der Waals surface area contributed by atoms with Gasteiger partial charge in [0.15, 0.2) is 11.7 Å². The molecule has 0 bridgehead atoms. The average molecular weight is 341 g/mol. The molecule has 0 aliphatic heterocycles. The van der Waals surface area contributed by atoms with Crippen LogP contribution < -0.4 is 0 Å². The van der Waals surface area contributed by atoms with E-state index in [4.69, 9.17) is 5.26 Å². The quantitative estimate of drug-likeness (QED) is 0.307. The average Bonchev–Trinajstić information content (AvgIpc) is 2.49. The van der Waals surface area contributed by atoms with E-state index < -0.39 is 45.1 Å². The molecule has 23 heavy (non-hydrogen) atoms. The van der Waals surface area contributed by atoms with Gasteiger partial charge in [-0.2, -0.15) is 5.26 Å². The van der Waals surface area contributed by atoms with E-state index in [-0.39, 0.29) is 11.8 Å². The zero-order valence-electron chi connectivity index (χ0n) is 11.6. The second-order valence-electron chi connectivity index (χ2n) is 4.57. The molecule has 0 radical (unpaired) electrons. The van der Waals surface area contributed by atoms with Crippen molar-refractivity contribution in [3.63, 3.8) is 0 Å². The van der Waals surface area contributed by atoms with E-state index in [1.165, 1.54) is 11.5 Å². The number of nitriles is 1. The van der Waals surface area contributed by atoms with Crippen LogP contribution in [0.3, 0.4) is 0 Å². The zero-order chi connectivity index (χ0) is 17.1. The third-order valence-electron chi connectivity index (χ3n) is 2.95. The second-order valence-corrected chi connectivity index (χ2v) is 5.37. The van der Waals surface area contributed by atoms with Crippen molar-refractivity contribution in [3.05, 3.63) is 64.5 Å². The Kier molecular flexibility index (Phi) is 5.06. The summed E-state index contributed by atoms with van der Waals surface area (Å²) in [6.07, 6.45) is 0. The highest BCUT2D eigenvalue weighted by molar-refractivity contribution is 8.03. The van der Waals surface area contributed by atoms with E-state index in [2.05, 4.69) is 0 Å². The molecule has 0 aliphatic carbocycles. The van der Waals surface area contributed by atoms with E-state index in [9.17, 15) is 22.0 Å². The first-order valence-electron chi connectivity index (χ1n) is 6.22. The first kappa shape index (κ1) is 17.0. The van der Waals surface area contributed by atoms with Gasteiger partial charge in [-0.25, -0.2) is 22.0 Å². The standard InChI is InChI=1S/C16H8F5NS/c1-8-2-3-10(11(17)4-8)15(21)14(20)9-5-12(18)16(23-7-22)13(19)6-9/h2-6H,1H3/b15-14+. The number of hydrogen-bond donors (Lipinski definition) is 0. The fourth-order valence-electron chi connectivity index (χ4n) is 1.87. The number of aryl methyl sites for hydroxylation is 1. The Morgan fingerprint density at radius 2 is 1.57 bits per heavy atom. The lowest BCUT2D eigenvalue weighted by Gasteiger charge is -2.06. The molecule has 2 rings (SSSR count). The van der Waals surface area contributed by atoms with Gasteiger partial charge in [0.1, 0.15) is 22.9 Å². The lowest BCUT2D eigenvalue weighted by atomic mass is 10.1. The van der Waals surface area contributed by atoms with Crippen molar-refractivity contribution >= 4 is 23.4 Å². The molecule has 2 aromatic carbocycles.